The molecule has 1 fully saturated rings. The summed E-state index contributed by atoms with van der Waals surface area (Å²) in [5, 5.41) is 3.96. The van der Waals surface area contributed by atoms with Gasteiger partial charge in [0.2, 0.25) is 0 Å². The quantitative estimate of drug-likeness (QED) is 0.817. The van der Waals surface area contributed by atoms with Crippen LogP contribution in [0.15, 0.2) is 53.0 Å². The Labute approximate surface area is 154 Å². The lowest BCUT2D eigenvalue weighted by atomic mass is 10.0. The van der Waals surface area contributed by atoms with Gasteiger partial charge in [0.05, 0.1) is 6.04 Å². The van der Waals surface area contributed by atoms with Crippen LogP contribution in [0.2, 0.25) is 5.02 Å². The Morgan fingerprint density at radius 3 is 2.83 bits per heavy atom. The number of rotatable bonds is 3. The van der Waals surface area contributed by atoms with Gasteiger partial charge < -0.3 is 10.1 Å². The second kappa shape index (κ2) is 8.01. The Kier molecular flexibility index (Phi) is 5.76. The van der Waals surface area contributed by atoms with Crippen molar-refractivity contribution in [2.45, 2.75) is 12.6 Å². The van der Waals surface area contributed by atoms with Crippen LogP contribution >= 0.6 is 27.5 Å². The Morgan fingerprint density at radius 1 is 1.29 bits per heavy atom. The summed E-state index contributed by atoms with van der Waals surface area (Å²) < 4.78 is 6.39. The van der Waals surface area contributed by atoms with Gasteiger partial charge in [-0.3, -0.25) is 4.90 Å². The maximum atomic E-state index is 12.6. The predicted octanol–water partition coefficient (Wildman–Crippen LogP) is 4.39. The molecule has 2 aromatic carbocycles. The van der Waals surface area contributed by atoms with E-state index in [9.17, 15) is 4.79 Å². The number of halogens is 2. The molecule has 0 radical (unpaired) electrons. The molecule has 0 aliphatic carbocycles. The van der Waals surface area contributed by atoms with Crippen molar-refractivity contribution in [2.24, 2.45) is 0 Å². The van der Waals surface area contributed by atoms with Gasteiger partial charge in [-0.1, -0.05) is 57.9 Å². The largest absolute Gasteiger partial charge is 0.445 e. The van der Waals surface area contributed by atoms with Crippen molar-refractivity contribution in [3.63, 3.8) is 0 Å². The molecular formula is C18H18BrClN2O2. The molecule has 1 atom stereocenters. The van der Waals surface area contributed by atoms with Crippen molar-refractivity contribution in [3.8, 4) is 0 Å². The number of hydrogen-bond acceptors (Lipinski definition) is 3. The smallest absolute Gasteiger partial charge is 0.410 e. The van der Waals surface area contributed by atoms with Crippen LogP contribution in [0.4, 0.5) is 4.79 Å². The molecule has 126 valence electrons. The summed E-state index contributed by atoms with van der Waals surface area (Å²) in [6.45, 7) is 2.30. The lowest BCUT2D eigenvalue weighted by Gasteiger charge is -2.35. The van der Waals surface area contributed by atoms with Crippen LogP contribution in [0, 0.1) is 0 Å². The summed E-state index contributed by atoms with van der Waals surface area (Å²) in [4.78, 5) is 14.3. The minimum absolute atomic E-state index is 0.1000. The standard InChI is InChI=1S/C18H18BrClN2O2/c19-15-8-14(9-16(20)10-15)17-11-21-6-7-22(17)18(23)24-12-13-4-2-1-3-5-13/h1-5,8-10,17,21H,6-7,11-12H2. The Balaban J connectivity index is 1.72. The van der Waals surface area contributed by atoms with Gasteiger partial charge in [0.1, 0.15) is 6.61 Å². The highest BCUT2D eigenvalue weighted by Crippen LogP contribution is 2.28. The molecule has 1 N–H and O–H groups in total. The molecule has 3 rings (SSSR count). The fraction of sp³-hybridized carbons (Fsp3) is 0.278. The van der Waals surface area contributed by atoms with E-state index >= 15 is 0 Å². The summed E-state index contributed by atoms with van der Waals surface area (Å²) >= 11 is 9.61. The van der Waals surface area contributed by atoms with Crippen LogP contribution in [0.1, 0.15) is 17.2 Å². The van der Waals surface area contributed by atoms with E-state index in [2.05, 4.69) is 21.2 Å². The summed E-state index contributed by atoms with van der Waals surface area (Å²) in [7, 11) is 0. The monoisotopic (exact) mass is 408 g/mol. The molecule has 1 amide bonds. The van der Waals surface area contributed by atoms with Gasteiger partial charge >= 0.3 is 6.09 Å². The van der Waals surface area contributed by atoms with E-state index in [4.69, 9.17) is 16.3 Å². The third-order valence-electron chi connectivity index (χ3n) is 3.95. The molecule has 1 unspecified atom stereocenters. The summed E-state index contributed by atoms with van der Waals surface area (Å²) in [6.07, 6.45) is -0.304. The van der Waals surface area contributed by atoms with Crippen molar-refractivity contribution in [1.82, 2.24) is 10.2 Å². The van der Waals surface area contributed by atoms with Crippen LogP contribution in [0.5, 0.6) is 0 Å². The van der Waals surface area contributed by atoms with E-state index in [1.807, 2.05) is 48.5 Å². The molecule has 6 heteroatoms. The normalized spacial score (nSPS) is 17.6. The molecule has 1 aliphatic heterocycles. The van der Waals surface area contributed by atoms with E-state index in [-0.39, 0.29) is 18.7 Å². The number of hydrogen-bond donors (Lipinski definition) is 1. The third kappa shape index (κ3) is 4.29. The van der Waals surface area contributed by atoms with E-state index in [1.54, 1.807) is 4.90 Å². The van der Waals surface area contributed by atoms with Gasteiger partial charge in [0.25, 0.3) is 0 Å². The fourth-order valence-corrected chi connectivity index (χ4v) is 3.68. The summed E-state index contributed by atoms with van der Waals surface area (Å²) in [5.41, 5.74) is 1.96. The van der Waals surface area contributed by atoms with Crippen LogP contribution in [0.3, 0.4) is 0 Å². The van der Waals surface area contributed by atoms with Crippen molar-refractivity contribution < 1.29 is 9.53 Å². The molecular weight excluding hydrogens is 392 g/mol. The first-order chi connectivity index (χ1) is 11.6. The van der Waals surface area contributed by atoms with Gasteiger partial charge in [0.15, 0.2) is 0 Å². The average Bonchev–Trinajstić information content (AvgIpc) is 2.60. The highest BCUT2D eigenvalue weighted by molar-refractivity contribution is 9.10. The van der Waals surface area contributed by atoms with Gasteiger partial charge in [-0.2, -0.15) is 0 Å². The molecule has 0 saturated carbocycles. The number of nitrogens with one attached hydrogen (secondary N) is 1. The maximum absolute atomic E-state index is 12.6. The summed E-state index contributed by atoms with van der Waals surface area (Å²) in [5.74, 6) is 0. The molecule has 1 heterocycles. The van der Waals surface area contributed by atoms with E-state index in [1.165, 1.54) is 0 Å². The van der Waals surface area contributed by atoms with Crippen LogP contribution < -0.4 is 5.32 Å². The zero-order valence-corrected chi connectivity index (χ0v) is 15.4. The SMILES string of the molecule is O=C(OCc1ccccc1)N1CCNCC1c1cc(Cl)cc(Br)c1. The molecule has 4 nitrogen and oxygen atoms in total. The van der Waals surface area contributed by atoms with Gasteiger partial charge in [-0.25, -0.2) is 4.79 Å². The zero-order chi connectivity index (χ0) is 16.9. The van der Waals surface area contributed by atoms with E-state index in [0.717, 1.165) is 22.1 Å². The van der Waals surface area contributed by atoms with Crippen LogP contribution in [0.25, 0.3) is 0 Å². The number of piperazine rings is 1. The third-order valence-corrected chi connectivity index (χ3v) is 4.63. The topological polar surface area (TPSA) is 41.6 Å². The number of benzene rings is 2. The van der Waals surface area contributed by atoms with Gasteiger partial charge in [-0.05, 0) is 29.3 Å². The van der Waals surface area contributed by atoms with Crippen molar-refractivity contribution >= 4 is 33.6 Å². The van der Waals surface area contributed by atoms with Crippen LogP contribution in [-0.4, -0.2) is 30.6 Å². The van der Waals surface area contributed by atoms with Crippen molar-refractivity contribution in [1.29, 1.82) is 0 Å². The Morgan fingerprint density at radius 2 is 2.08 bits per heavy atom. The minimum atomic E-state index is -0.304. The first-order valence-electron chi connectivity index (χ1n) is 7.77. The Bertz CT molecular complexity index is 691. The van der Waals surface area contributed by atoms with Gasteiger partial charge in [0, 0.05) is 29.1 Å². The number of carbonyl (C=O) groups excluding carboxylic acids is 1. The average molecular weight is 410 g/mol. The number of carbonyl (C=O) groups is 1. The van der Waals surface area contributed by atoms with E-state index < -0.39 is 0 Å². The first kappa shape index (κ1) is 17.3. The highest BCUT2D eigenvalue weighted by atomic mass is 79.9. The molecule has 2 aromatic rings. The van der Waals surface area contributed by atoms with Crippen molar-refractivity contribution in [2.75, 3.05) is 19.6 Å². The first-order valence-corrected chi connectivity index (χ1v) is 8.94. The lowest BCUT2D eigenvalue weighted by molar-refractivity contribution is 0.0720. The lowest BCUT2D eigenvalue weighted by Crippen LogP contribution is -2.48. The molecule has 1 aliphatic rings. The molecule has 0 aromatic heterocycles. The number of ether oxygens (including phenoxy) is 1. The van der Waals surface area contributed by atoms with E-state index in [0.29, 0.717) is 18.1 Å². The number of amides is 1. The highest BCUT2D eigenvalue weighted by Gasteiger charge is 2.29. The minimum Gasteiger partial charge on any atom is -0.445 e. The van der Waals surface area contributed by atoms with Crippen molar-refractivity contribution in [3.05, 3.63) is 69.2 Å². The van der Waals surface area contributed by atoms with Gasteiger partial charge in [-0.15, -0.1) is 0 Å². The second-order valence-electron chi connectivity index (χ2n) is 5.66. The fourth-order valence-electron chi connectivity index (χ4n) is 2.79. The second-order valence-corrected chi connectivity index (χ2v) is 7.01. The molecule has 0 bridgehead atoms. The Hall–Kier alpha value is -1.56. The maximum Gasteiger partial charge on any atom is 0.410 e. The summed E-state index contributed by atoms with van der Waals surface area (Å²) in [6, 6.07) is 15.3. The molecule has 0 spiro atoms. The number of nitrogens with zero attached hydrogens (tertiary/aromatic N) is 1. The molecule has 1 saturated heterocycles. The zero-order valence-electron chi connectivity index (χ0n) is 13.0. The van der Waals surface area contributed by atoms with Crippen LogP contribution in [-0.2, 0) is 11.3 Å². The molecule has 24 heavy (non-hydrogen) atoms. The predicted molar refractivity (Wildman–Crippen MR) is 98.1 cm³/mol.